The lowest BCUT2D eigenvalue weighted by Gasteiger charge is -2.25. The van der Waals surface area contributed by atoms with Crippen molar-refractivity contribution in [1.29, 1.82) is 0 Å². The van der Waals surface area contributed by atoms with Crippen LogP contribution in [-0.2, 0) is 16.4 Å². The molecular formula is C30H29F3N6OS. The Kier molecular flexibility index (Phi) is 8.18. The topological polar surface area (TPSA) is 91.0 Å². The van der Waals surface area contributed by atoms with Gasteiger partial charge in [0.1, 0.15) is 5.82 Å². The fraction of sp³-hybridized carbons (Fsp3) is 0.233. The van der Waals surface area contributed by atoms with Crippen LogP contribution in [0.5, 0.6) is 0 Å². The maximum Gasteiger partial charge on any atom is 0.416 e. The first-order valence-electron chi connectivity index (χ1n) is 13.1. The zero-order valence-corrected chi connectivity index (χ0v) is 23.3. The fourth-order valence-electron chi connectivity index (χ4n) is 4.29. The van der Waals surface area contributed by atoms with Gasteiger partial charge in [-0.2, -0.15) is 18.2 Å². The molecule has 7 nitrogen and oxygen atoms in total. The summed E-state index contributed by atoms with van der Waals surface area (Å²) in [6.45, 7) is 4.71. The molecule has 0 unspecified atom stereocenters. The first kappa shape index (κ1) is 28.4. The molecule has 1 aliphatic rings. The molecule has 0 fully saturated rings. The molecule has 1 amide bonds. The third kappa shape index (κ3) is 6.80. The van der Waals surface area contributed by atoms with Gasteiger partial charge in [0, 0.05) is 41.1 Å². The van der Waals surface area contributed by atoms with Crippen LogP contribution in [0.1, 0.15) is 31.4 Å². The molecule has 0 saturated heterocycles. The highest BCUT2D eigenvalue weighted by Crippen LogP contribution is 2.34. The summed E-state index contributed by atoms with van der Waals surface area (Å²) in [5, 5.41) is 9.50. The second kappa shape index (κ2) is 11.8. The van der Waals surface area contributed by atoms with Crippen molar-refractivity contribution in [3.05, 3.63) is 90.1 Å². The highest BCUT2D eigenvalue weighted by Gasteiger charge is 2.35. The summed E-state index contributed by atoms with van der Waals surface area (Å²) in [5.41, 5.74) is 1.33. The maximum atomic E-state index is 13.2. The lowest BCUT2D eigenvalue weighted by molar-refractivity contribution is -0.137. The largest absolute Gasteiger partial charge is 0.416 e. The van der Waals surface area contributed by atoms with Gasteiger partial charge in [0.2, 0.25) is 11.9 Å². The standard InChI is InChI=1S/C30H29F3N6OS/c1-29(2,20-6-3-7-21(16-20)30(31,32)33)27(40)37-22-12-10-19(11-13-22)25-18-35-28-38-23-8-4-9-24(17-23)41-36-15-5-14-34-26(25)39-28/h3-4,6-13,16-18,36H,5,14-15H2,1-2H3,(H,37,40)(H2,34,35,38,39). The maximum absolute atomic E-state index is 13.2. The molecule has 11 heteroatoms. The van der Waals surface area contributed by atoms with E-state index in [1.807, 2.05) is 36.4 Å². The number of benzene rings is 3. The van der Waals surface area contributed by atoms with Crippen molar-refractivity contribution in [3.8, 4) is 11.1 Å². The average molecular weight is 579 g/mol. The van der Waals surface area contributed by atoms with E-state index in [0.717, 1.165) is 46.8 Å². The van der Waals surface area contributed by atoms with Crippen LogP contribution in [0, 0.1) is 0 Å². The van der Waals surface area contributed by atoms with E-state index in [-0.39, 0.29) is 5.56 Å². The van der Waals surface area contributed by atoms with Crippen molar-refractivity contribution in [2.75, 3.05) is 29.0 Å². The van der Waals surface area contributed by atoms with Gasteiger partial charge < -0.3 is 16.0 Å². The van der Waals surface area contributed by atoms with Crippen molar-refractivity contribution in [2.45, 2.75) is 36.8 Å². The van der Waals surface area contributed by atoms with Crippen LogP contribution in [-0.4, -0.2) is 29.0 Å². The van der Waals surface area contributed by atoms with Gasteiger partial charge in [0.25, 0.3) is 0 Å². The summed E-state index contributed by atoms with van der Waals surface area (Å²) < 4.78 is 43.0. The highest BCUT2D eigenvalue weighted by atomic mass is 32.2. The molecule has 0 aliphatic carbocycles. The summed E-state index contributed by atoms with van der Waals surface area (Å²) in [6.07, 6.45) is -1.86. The zero-order chi connectivity index (χ0) is 29.0. The van der Waals surface area contributed by atoms with Gasteiger partial charge in [-0.05, 0) is 79.7 Å². The lowest BCUT2D eigenvalue weighted by Crippen LogP contribution is -2.35. The van der Waals surface area contributed by atoms with Gasteiger partial charge in [-0.3, -0.25) is 9.52 Å². The fourth-order valence-corrected chi connectivity index (χ4v) is 5.04. The Hall–Kier alpha value is -4.09. The van der Waals surface area contributed by atoms with E-state index in [9.17, 15) is 18.0 Å². The number of amides is 1. The van der Waals surface area contributed by atoms with Crippen molar-refractivity contribution >= 4 is 41.0 Å². The Morgan fingerprint density at radius 1 is 0.951 bits per heavy atom. The molecule has 1 aliphatic heterocycles. The molecule has 1 aromatic heterocycles. The number of rotatable bonds is 4. The summed E-state index contributed by atoms with van der Waals surface area (Å²) in [4.78, 5) is 23.5. The molecule has 41 heavy (non-hydrogen) atoms. The number of nitrogens with one attached hydrogen (secondary N) is 4. The minimum Gasteiger partial charge on any atom is -0.369 e. The van der Waals surface area contributed by atoms with Crippen LogP contribution >= 0.6 is 11.9 Å². The van der Waals surface area contributed by atoms with Crippen molar-refractivity contribution < 1.29 is 18.0 Å². The lowest BCUT2D eigenvalue weighted by atomic mass is 9.83. The van der Waals surface area contributed by atoms with Crippen molar-refractivity contribution in [1.82, 2.24) is 14.7 Å². The third-order valence-corrected chi connectivity index (χ3v) is 7.59. The molecule has 4 aromatic rings. The second-order valence-electron chi connectivity index (χ2n) is 10.1. The van der Waals surface area contributed by atoms with Gasteiger partial charge in [0.15, 0.2) is 0 Å². The molecule has 0 radical (unpaired) electrons. The Morgan fingerprint density at radius 3 is 2.49 bits per heavy atom. The Balaban J connectivity index is 1.34. The Labute approximate surface area is 240 Å². The van der Waals surface area contributed by atoms with E-state index in [0.29, 0.717) is 24.0 Å². The van der Waals surface area contributed by atoms with Gasteiger partial charge in [-0.15, -0.1) is 0 Å². The number of hydrogen-bond donors (Lipinski definition) is 4. The number of halogens is 3. The molecule has 0 atom stereocenters. The number of carbonyl (C=O) groups excluding carboxylic acids is 1. The van der Waals surface area contributed by atoms with E-state index in [1.54, 1.807) is 44.1 Å². The summed E-state index contributed by atoms with van der Waals surface area (Å²) in [6, 6.07) is 20.0. The normalized spacial score (nSPS) is 14.0. The van der Waals surface area contributed by atoms with Crippen LogP contribution in [0.25, 0.3) is 11.1 Å². The van der Waals surface area contributed by atoms with Gasteiger partial charge in [-0.25, -0.2) is 4.98 Å². The monoisotopic (exact) mass is 578 g/mol. The first-order chi connectivity index (χ1) is 19.6. The smallest absolute Gasteiger partial charge is 0.369 e. The highest BCUT2D eigenvalue weighted by molar-refractivity contribution is 7.97. The van der Waals surface area contributed by atoms with E-state index < -0.39 is 23.1 Å². The number of hydrogen-bond acceptors (Lipinski definition) is 7. The van der Waals surface area contributed by atoms with Crippen LogP contribution < -0.4 is 20.7 Å². The number of carbonyl (C=O) groups is 1. The minimum atomic E-state index is -4.49. The number of alkyl halides is 3. The average Bonchev–Trinajstić information content (AvgIpc) is 2.96. The first-order valence-corrected chi connectivity index (χ1v) is 13.9. The van der Waals surface area contributed by atoms with E-state index in [1.165, 1.54) is 12.1 Å². The summed E-state index contributed by atoms with van der Waals surface area (Å²) >= 11 is 1.58. The molecule has 3 aromatic carbocycles. The number of fused-ring (bicyclic) bond motifs is 4. The molecule has 5 rings (SSSR count). The van der Waals surface area contributed by atoms with Gasteiger partial charge in [0.05, 0.1) is 11.0 Å². The molecular weight excluding hydrogens is 549 g/mol. The number of nitrogens with zero attached hydrogens (tertiary/aromatic N) is 2. The van der Waals surface area contributed by atoms with Crippen LogP contribution in [0.2, 0.25) is 0 Å². The molecule has 0 saturated carbocycles. The zero-order valence-electron chi connectivity index (χ0n) is 22.5. The molecule has 2 heterocycles. The predicted molar refractivity (Wildman–Crippen MR) is 157 cm³/mol. The number of aromatic nitrogens is 2. The minimum absolute atomic E-state index is 0.277. The Bertz CT molecular complexity index is 1540. The van der Waals surface area contributed by atoms with Gasteiger partial charge in [-0.1, -0.05) is 36.4 Å². The number of anilines is 4. The van der Waals surface area contributed by atoms with Crippen LogP contribution in [0.3, 0.4) is 0 Å². The second-order valence-corrected chi connectivity index (χ2v) is 11.1. The molecule has 4 N–H and O–H groups in total. The van der Waals surface area contributed by atoms with E-state index in [4.69, 9.17) is 4.98 Å². The molecule has 4 bridgehead atoms. The third-order valence-electron chi connectivity index (χ3n) is 6.75. The summed E-state index contributed by atoms with van der Waals surface area (Å²) in [7, 11) is 0. The van der Waals surface area contributed by atoms with E-state index >= 15 is 0 Å². The SMILES string of the molecule is CC(C)(C(=O)Nc1ccc(-c2cnc3nc2NCCCNSc2cccc(c2)N3)cc1)c1cccc(C(F)(F)F)c1. The van der Waals surface area contributed by atoms with E-state index in [2.05, 4.69) is 25.7 Å². The van der Waals surface area contributed by atoms with Crippen LogP contribution in [0.4, 0.5) is 36.3 Å². The van der Waals surface area contributed by atoms with Crippen molar-refractivity contribution in [2.24, 2.45) is 0 Å². The predicted octanol–water partition coefficient (Wildman–Crippen LogP) is 7.23. The molecule has 0 spiro atoms. The van der Waals surface area contributed by atoms with Crippen molar-refractivity contribution in [3.63, 3.8) is 0 Å². The van der Waals surface area contributed by atoms with Gasteiger partial charge >= 0.3 is 6.18 Å². The molecule has 212 valence electrons. The Morgan fingerprint density at radius 2 is 1.71 bits per heavy atom. The quantitative estimate of drug-likeness (QED) is 0.190. The van der Waals surface area contributed by atoms with Crippen LogP contribution in [0.15, 0.2) is 83.9 Å². The summed E-state index contributed by atoms with van der Waals surface area (Å²) in [5.74, 6) is 0.721.